The molecule has 0 N–H and O–H groups in total. The molecule has 0 saturated carbocycles. The van der Waals surface area contributed by atoms with Gasteiger partial charge in [-0.2, -0.15) is 9.97 Å². The Labute approximate surface area is 119 Å². The number of aromatic nitrogens is 5. The number of thiazole rings is 1. The van der Waals surface area contributed by atoms with Crippen LogP contribution in [0.4, 0.5) is 0 Å². The summed E-state index contributed by atoms with van der Waals surface area (Å²) >= 11 is 1.67. The van der Waals surface area contributed by atoms with Crippen LogP contribution in [0, 0.1) is 20.8 Å². The minimum atomic E-state index is 0.399. The van der Waals surface area contributed by atoms with Crippen molar-refractivity contribution >= 4 is 11.3 Å². The van der Waals surface area contributed by atoms with Crippen molar-refractivity contribution in [2.75, 3.05) is 0 Å². The first-order valence-electron chi connectivity index (χ1n) is 6.13. The normalized spacial score (nSPS) is 11.2. The van der Waals surface area contributed by atoms with Crippen LogP contribution in [0.15, 0.2) is 9.05 Å². The molecule has 0 unspecified atom stereocenters. The topological polar surface area (TPSA) is 90.7 Å². The second kappa shape index (κ2) is 5.12. The van der Waals surface area contributed by atoms with Gasteiger partial charge in [0.15, 0.2) is 11.6 Å². The molecule has 0 aromatic carbocycles. The van der Waals surface area contributed by atoms with E-state index < -0.39 is 0 Å². The van der Waals surface area contributed by atoms with Crippen molar-refractivity contribution in [3.8, 4) is 0 Å². The largest absolute Gasteiger partial charge is 0.340 e. The fourth-order valence-corrected chi connectivity index (χ4v) is 2.70. The monoisotopic (exact) mass is 291 g/mol. The van der Waals surface area contributed by atoms with E-state index in [0.717, 1.165) is 10.7 Å². The van der Waals surface area contributed by atoms with Crippen molar-refractivity contribution in [2.24, 2.45) is 0 Å². The first-order chi connectivity index (χ1) is 9.60. The average Bonchev–Trinajstić information content (AvgIpc) is 3.05. The van der Waals surface area contributed by atoms with Gasteiger partial charge in [-0.25, -0.2) is 4.98 Å². The predicted molar refractivity (Wildman–Crippen MR) is 70.5 cm³/mol. The van der Waals surface area contributed by atoms with E-state index in [1.54, 1.807) is 18.3 Å². The van der Waals surface area contributed by atoms with E-state index in [1.807, 2.05) is 13.8 Å². The van der Waals surface area contributed by atoms with Crippen molar-refractivity contribution < 1.29 is 9.05 Å². The third-order valence-electron chi connectivity index (χ3n) is 2.71. The maximum absolute atomic E-state index is 5.23. The van der Waals surface area contributed by atoms with Crippen LogP contribution in [0.5, 0.6) is 0 Å². The Bertz CT molecular complexity index is 730. The maximum Gasteiger partial charge on any atom is 0.232 e. The van der Waals surface area contributed by atoms with Crippen molar-refractivity contribution in [3.05, 3.63) is 39.0 Å². The molecule has 0 amide bonds. The Morgan fingerprint density at radius 1 is 0.900 bits per heavy atom. The SMILES string of the molecule is Cc1nc(Cc2noc(Cc3nc(C)sc3C)n2)no1. The highest BCUT2D eigenvalue weighted by Crippen LogP contribution is 2.19. The highest BCUT2D eigenvalue weighted by Gasteiger charge is 2.13. The summed E-state index contributed by atoms with van der Waals surface area (Å²) in [7, 11) is 0. The smallest absolute Gasteiger partial charge is 0.232 e. The van der Waals surface area contributed by atoms with Crippen LogP contribution in [-0.2, 0) is 12.8 Å². The molecule has 7 nitrogen and oxygen atoms in total. The third-order valence-corrected chi connectivity index (χ3v) is 3.64. The van der Waals surface area contributed by atoms with Crippen molar-refractivity contribution in [3.63, 3.8) is 0 Å². The van der Waals surface area contributed by atoms with Gasteiger partial charge in [-0.15, -0.1) is 11.3 Å². The van der Waals surface area contributed by atoms with E-state index in [0.29, 0.717) is 36.3 Å². The Hall–Kier alpha value is -2.09. The summed E-state index contributed by atoms with van der Waals surface area (Å²) in [5.41, 5.74) is 0.984. The van der Waals surface area contributed by atoms with Crippen molar-refractivity contribution in [1.82, 2.24) is 25.3 Å². The van der Waals surface area contributed by atoms with Crippen LogP contribution in [-0.4, -0.2) is 25.3 Å². The number of hydrogen-bond donors (Lipinski definition) is 0. The lowest BCUT2D eigenvalue weighted by molar-refractivity contribution is 0.377. The Morgan fingerprint density at radius 2 is 1.65 bits per heavy atom. The van der Waals surface area contributed by atoms with Crippen LogP contribution in [0.25, 0.3) is 0 Å². The van der Waals surface area contributed by atoms with E-state index in [-0.39, 0.29) is 0 Å². The van der Waals surface area contributed by atoms with Crippen LogP contribution in [0.1, 0.15) is 39.0 Å². The van der Waals surface area contributed by atoms with Crippen LogP contribution < -0.4 is 0 Å². The van der Waals surface area contributed by atoms with Crippen molar-refractivity contribution in [2.45, 2.75) is 33.6 Å². The third kappa shape index (κ3) is 2.74. The number of aryl methyl sites for hydroxylation is 3. The molecule has 0 radical (unpaired) electrons. The van der Waals surface area contributed by atoms with Gasteiger partial charge in [0, 0.05) is 11.8 Å². The lowest BCUT2D eigenvalue weighted by Gasteiger charge is -1.91. The molecule has 0 bridgehead atoms. The molecule has 0 aliphatic rings. The number of hydrogen-bond acceptors (Lipinski definition) is 8. The summed E-state index contributed by atoms with van der Waals surface area (Å²) in [6, 6.07) is 0. The predicted octanol–water partition coefficient (Wildman–Crippen LogP) is 2.02. The van der Waals surface area contributed by atoms with E-state index in [2.05, 4.69) is 25.3 Å². The molecule has 3 rings (SSSR count). The van der Waals surface area contributed by atoms with Gasteiger partial charge in [-0.1, -0.05) is 10.3 Å². The molecular formula is C12H13N5O2S. The van der Waals surface area contributed by atoms with E-state index in [4.69, 9.17) is 9.05 Å². The lowest BCUT2D eigenvalue weighted by Crippen LogP contribution is -1.95. The fourth-order valence-electron chi connectivity index (χ4n) is 1.87. The lowest BCUT2D eigenvalue weighted by atomic mass is 10.3. The summed E-state index contributed by atoms with van der Waals surface area (Å²) in [4.78, 5) is 14.1. The zero-order chi connectivity index (χ0) is 14.1. The molecule has 0 spiro atoms. The molecular weight excluding hydrogens is 278 g/mol. The van der Waals surface area contributed by atoms with Crippen LogP contribution >= 0.6 is 11.3 Å². The Balaban J connectivity index is 1.72. The zero-order valence-corrected chi connectivity index (χ0v) is 12.2. The molecule has 8 heteroatoms. The first kappa shape index (κ1) is 12.9. The summed E-state index contributed by atoms with van der Waals surface area (Å²) in [5.74, 6) is 2.17. The Kier molecular flexibility index (Phi) is 3.31. The first-order valence-corrected chi connectivity index (χ1v) is 6.95. The highest BCUT2D eigenvalue weighted by atomic mass is 32.1. The molecule has 3 aromatic heterocycles. The van der Waals surface area contributed by atoms with Gasteiger partial charge in [0.2, 0.25) is 11.8 Å². The quantitative estimate of drug-likeness (QED) is 0.726. The van der Waals surface area contributed by atoms with Crippen LogP contribution in [0.3, 0.4) is 0 Å². The molecule has 20 heavy (non-hydrogen) atoms. The summed E-state index contributed by atoms with van der Waals surface area (Å²) in [6.45, 7) is 5.77. The second-order valence-electron chi connectivity index (χ2n) is 4.42. The van der Waals surface area contributed by atoms with E-state index in [1.165, 1.54) is 4.88 Å². The molecule has 0 aliphatic heterocycles. The van der Waals surface area contributed by atoms with Gasteiger partial charge < -0.3 is 9.05 Å². The highest BCUT2D eigenvalue weighted by molar-refractivity contribution is 7.11. The molecule has 0 aliphatic carbocycles. The summed E-state index contributed by atoms with van der Waals surface area (Å²) in [6.07, 6.45) is 0.949. The minimum absolute atomic E-state index is 0.399. The van der Waals surface area contributed by atoms with Gasteiger partial charge >= 0.3 is 0 Å². The average molecular weight is 291 g/mol. The van der Waals surface area contributed by atoms with E-state index >= 15 is 0 Å². The van der Waals surface area contributed by atoms with Gasteiger partial charge in [0.25, 0.3) is 0 Å². The van der Waals surface area contributed by atoms with Crippen molar-refractivity contribution in [1.29, 1.82) is 0 Å². The van der Waals surface area contributed by atoms with Gasteiger partial charge in [-0.3, -0.25) is 0 Å². The van der Waals surface area contributed by atoms with Gasteiger partial charge in [0.05, 0.1) is 23.5 Å². The summed E-state index contributed by atoms with van der Waals surface area (Å²) in [5, 5.41) is 8.77. The van der Waals surface area contributed by atoms with Crippen LogP contribution in [0.2, 0.25) is 0 Å². The van der Waals surface area contributed by atoms with E-state index in [9.17, 15) is 0 Å². The molecule has 3 heterocycles. The van der Waals surface area contributed by atoms with Gasteiger partial charge in [-0.05, 0) is 13.8 Å². The summed E-state index contributed by atoms with van der Waals surface area (Å²) < 4.78 is 10.1. The second-order valence-corrected chi connectivity index (χ2v) is 5.83. The number of rotatable bonds is 4. The standard InChI is InChI=1S/C12H13N5O2S/c1-6-9(14-8(3)20-6)4-12-15-11(17-19-12)5-10-13-7(2)18-16-10/h4-5H2,1-3H3. The van der Waals surface area contributed by atoms with Gasteiger partial charge in [0.1, 0.15) is 0 Å². The maximum atomic E-state index is 5.23. The fraction of sp³-hybridized carbons (Fsp3) is 0.417. The molecule has 104 valence electrons. The molecule has 0 atom stereocenters. The zero-order valence-electron chi connectivity index (χ0n) is 11.4. The molecule has 0 fully saturated rings. The molecule has 3 aromatic rings. The minimum Gasteiger partial charge on any atom is -0.340 e. The Morgan fingerprint density at radius 3 is 2.30 bits per heavy atom. The molecule has 0 saturated heterocycles. The number of nitrogens with zero attached hydrogens (tertiary/aromatic N) is 5.